The molecule has 0 radical (unpaired) electrons. The number of hydrogen-bond acceptors (Lipinski definition) is 12. The molecule has 3 rings (SSSR count). The van der Waals surface area contributed by atoms with Crippen LogP contribution in [0.4, 0.5) is 0 Å². The largest absolute Gasteiger partial charge is 0.471 e. The topological polar surface area (TPSA) is 181 Å². The Labute approximate surface area is 221 Å². The molecule has 214 valence electrons. The summed E-state index contributed by atoms with van der Waals surface area (Å²) in [5, 5.41) is 48.7. The molecule has 3 aliphatic heterocycles. The number of aliphatic hydroxyl groups excluding tert-OH is 5. The van der Waals surface area contributed by atoms with Crippen molar-refractivity contribution in [3.63, 3.8) is 0 Å². The van der Waals surface area contributed by atoms with E-state index in [9.17, 15) is 30.0 Å². The van der Waals surface area contributed by atoms with E-state index in [0.29, 0.717) is 6.42 Å². The van der Waals surface area contributed by atoms with Gasteiger partial charge in [0.05, 0.1) is 31.0 Å². The van der Waals surface area contributed by atoms with E-state index in [-0.39, 0.29) is 18.6 Å². The van der Waals surface area contributed by atoms with Gasteiger partial charge < -0.3 is 49.2 Å². The van der Waals surface area contributed by atoms with Crippen molar-refractivity contribution in [3.8, 4) is 0 Å². The second-order valence-corrected chi connectivity index (χ2v) is 9.86. The van der Waals surface area contributed by atoms with Gasteiger partial charge in [0.1, 0.15) is 24.4 Å². The normalized spacial score (nSPS) is 36.3. The van der Waals surface area contributed by atoms with E-state index in [1.54, 1.807) is 13.0 Å². The molecule has 2 saturated heterocycles. The molecule has 0 aromatic heterocycles. The fourth-order valence-corrected chi connectivity index (χ4v) is 4.73. The fraction of sp³-hybridized carbons (Fsp3) is 0.692. The van der Waals surface area contributed by atoms with Crippen LogP contribution >= 0.6 is 0 Å². The van der Waals surface area contributed by atoms with Crippen molar-refractivity contribution < 1.29 is 58.8 Å². The van der Waals surface area contributed by atoms with Gasteiger partial charge in [0.2, 0.25) is 12.6 Å². The van der Waals surface area contributed by atoms with Gasteiger partial charge in [-0.05, 0) is 26.2 Å². The number of cyclic esters (lactones) is 1. The maximum atomic E-state index is 12.7. The van der Waals surface area contributed by atoms with Crippen LogP contribution in [0, 0.1) is 17.8 Å². The lowest BCUT2D eigenvalue weighted by Gasteiger charge is -2.44. The minimum absolute atomic E-state index is 0.0285. The quantitative estimate of drug-likeness (QED) is 0.175. The lowest BCUT2D eigenvalue weighted by Crippen LogP contribution is -2.60. The van der Waals surface area contributed by atoms with Crippen molar-refractivity contribution in [1.82, 2.24) is 0 Å². The van der Waals surface area contributed by atoms with Crippen LogP contribution in [0.15, 0.2) is 36.1 Å². The zero-order chi connectivity index (χ0) is 28.0. The van der Waals surface area contributed by atoms with Gasteiger partial charge >= 0.3 is 11.9 Å². The van der Waals surface area contributed by atoms with Gasteiger partial charge in [0.25, 0.3) is 0 Å². The minimum Gasteiger partial charge on any atom is -0.471 e. The summed E-state index contributed by atoms with van der Waals surface area (Å²) in [6.45, 7) is 6.78. The van der Waals surface area contributed by atoms with Crippen LogP contribution in [0.3, 0.4) is 0 Å². The van der Waals surface area contributed by atoms with Crippen LogP contribution < -0.4 is 0 Å². The Bertz CT molecular complexity index is 899. The molecule has 0 aromatic rings. The SMILES string of the molecule is C=C[C@H]1[C@H](O[C@@H]2O[C@H](CO)[C@@H](O)[C@H](O)[C@H]2O)OC=C2C(=O)O[C@@H](OC(=O)[C@@H](C)CCC/C(C)=C/CO)C[C@H]21. The Morgan fingerprint density at radius 2 is 1.95 bits per heavy atom. The Morgan fingerprint density at radius 1 is 1.21 bits per heavy atom. The summed E-state index contributed by atoms with van der Waals surface area (Å²) in [5.41, 5.74) is 1.24. The molecule has 38 heavy (non-hydrogen) atoms. The summed E-state index contributed by atoms with van der Waals surface area (Å²) in [5.74, 6) is -2.86. The van der Waals surface area contributed by atoms with Crippen LogP contribution in [0.5, 0.6) is 0 Å². The van der Waals surface area contributed by atoms with E-state index in [1.165, 1.54) is 12.3 Å². The molecular formula is C26H38O12. The first kappa shape index (κ1) is 30.2. The van der Waals surface area contributed by atoms with Gasteiger partial charge in [-0.2, -0.15) is 0 Å². The highest BCUT2D eigenvalue weighted by Gasteiger charge is 2.49. The van der Waals surface area contributed by atoms with Crippen LogP contribution in [0.2, 0.25) is 0 Å². The summed E-state index contributed by atoms with van der Waals surface area (Å²) in [6.07, 6.45) is -3.16. The van der Waals surface area contributed by atoms with E-state index in [2.05, 4.69) is 6.58 Å². The standard InChI is InChI=1S/C26H38O12/c1-4-15-16-10-19(36-23(32)14(3)7-5-6-13(2)8-9-27)37-24(33)17(16)12-34-25(15)38-26-22(31)21(30)20(29)18(11-28)35-26/h4,8,12,14-16,18-22,25-31H,1,5-7,9-11H2,2-3H3/b13-8+/t14-,15+,16-,18+,19+,20+,21-,22+,25-,26-/m0/s1. The molecule has 0 amide bonds. The van der Waals surface area contributed by atoms with Crippen molar-refractivity contribution in [1.29, 1.82) is 0 Å². The number of carbonyl (C=O) groups is 2. The first-order valence-corrected chi connectivity index (χ1v) is 12.7. The number of hydrogen-bond donors (Lipinski definition) is 5. The lowest BCUT2D eigenvalue weighted by molar-refractivity contribution is -0.340. The Balaban J connectivity index is 1.62. The summed E-state index contributed by atoms with van der Waals surface area (Å²) in [4.78, 5) is 25.3. The average molecular weight is 543 g/mol. The summed E-state index contributed by atoms with van der Waals surface area (Å²) >= 11 is 0. The Hall–Kier alpha value is -2.32. The lowest BCUT2D eigenvalue weighted by atomic mass is 9.80. The van der Waals surface area contributed by atoms with Gasteiger partial charge in [-0.3, -0.25) is 4.79 Å². The Kier molecular flexibility index (Phi) is 10.9. The molecule has 0 aromatic carbocycles. The number of ether oxygens (including phenoxy) is 5. The molecule has 0 unspecified atom stereocenters. The van der Waals surface area contributed by atoms with E-state index in [0.717, 1.165) is 18.4 Å². The molecule has 3 aliphatic rings. The van der Waals surface area contributed by atoms with Gasteiger partial charge in [-0.25, -0.2) is 4.79 Å². The van der Waals surface area contributed by atoms with Crippen LogP contribution in [-0.4, -0.2) is 94.0 Å². The van der Waals surface area contributed by atoms with Crippen LogP contribution in [-0.2, 0) is 33.3 Å². The fourth-order valence-electron chi connectivity index (χ4n) is 4.73. The first-order chi connectivity index (χ1) is 18.1. The van der Waals surface area contributed by atoms with Crippen molar-refractivity contribution in [3.05, 3.63) is 36.1 Å². The monoisotopic (exact) mass is 542 g/mol. The van der Waals surface area contributed by atoms with Crippen LogP contribution in [0.1, 0.15) is 39.5 Å². The first-order valence-electron chi connectivity index (χ1n) is 12.7. The molecule has 2 fully saturated rings. The average Bonchev–Trinajstić information content (AvgIpc) is 2.88. The number of fused-ring (bicyclic) bond motifs is 1. The van der Waals surface area contributed by atoms with Gasteiger partial charge in [-0.15, -0.1) is 6.58 Å². The summed E-state index contributed by atoms with van der Waals surface area (Å²) < 4.78 is 27.5. The zero-order valence-electron chi connectivity index (χ0n) is 21.5. The summed E-state index contributed by atoms with van der Waals surface area (Å²) in [6, 6.07) is 0. The van der Waals surface area contributed by atoms with Gasteiger partial charge in [0, 0.05) is 18.3 Å². The third-order valence-electron chi connectivity index (χ3n) is 7.11. The van der Waals surface area contributed by atoms with E-state index in [4.69, 9.17) is 28.8 Å². The van der Waals surface area contributed by atoms with Gasteiger partial charge in [-0.1, -0.05) is 24.6 Å². The maximum absolute atomic E-state index is 12.7. The molecule has 12 heteroatoms. The predicted molar refractivity (Wildman–Crippen MR) is 129 cm³/mol. The second kappa shape index (κ2) is 13.7. The van der Waals surface area contributed by atoms with Crippen molar-refractivity contribution in [2.75, 3.05) is 13.2 Å². The molecule has 0 spiro atoms. The molecule has 0 saturated carbocycles. The maximum Gasteiger partial charge on any atom is 0.340 e. The summed E-state index contributed by atoms with van der Waals surface area (Å²) in [7, 11) is 0. The molecule has 10 atom stereocenters. The third kappa shape index (κ3) is 7.00. The molecule has 5 N–H and O–H groups in total. The van der Waals surface area contributed by atoms with Crippen molar-refractivity contribution >= 4 is 11.9 Å². The zero-order valence-corrected chi connectivity index (χ0v) is 21.5. The predicted octanol–water partition coefficient (Wildman–Crippen LogP) is 0.0227. The number of carbonyl (C=O) groups excluding carboxylic acids is 2. The number of aliphatic hydroxyl groups is 5. The van der Waals surface area contributed by atoms with Crippen molar-refractivity contribution in [2.24, 2.45) is 17.8 Å². The van der Waals surface area contributed by atoms with Crippen molar-refractivity contribution in [2.45, 2.75) is 82.8 Å². The molecular weight excluding hydrogens is 504 g/mol. The molecule has 12 nitrogen and oxygen atoms in total. The van der Waals surface area contributed by atoms with Crippen LogP contribution in [0.25, 0.3) is 0 Å². The minimum atomic E-state index is -1.64. The van der Waals surface area contributed by atoms with E-state index in [1.807, 2.05) is 6.92 Å². The van der Waals surface area contributed by atoms with E-state index >= 15 is 0 Å². The number of rotatable bonds is 11. The molecule has 0 aliphatic carbocycles. The van der Waals surface area contributed by atoms with E-state index < -0.39 is 79.6 Å². The molecule has 0 bridgehead atoms. The number of esters is 2. The smallest absolute Gasteiger partial charge is 0.340 e. The highest BCUT2D eigenvalue weighted by Crippen LogP contribution is 2.41. The highest BCUT2D eigenvalue weighted by molar-refractivity contribution is 5.90. The highest BCUT2D eigenvalue weighted by atomic mass is 16.8. The Morgan fingerprint density at radius 3 is 2.61 bits per heavy atom. The number of allylic oxidation sites excluding steroid dienone is 1. The second-order valence-electron chi connectivity index (χ2n) is 9.86. The third-order valence-corrected chi connectivity index (χ3v) is 7.11. The van der Waals surface area contributed by atoms with Gasteiger partial charge in [0.15, 0.2) is 6.29 Å². The molecule has 3 heterocycles.